The Hall–Kier alpha value is -2.81. The van der Waals surface area contributed by atoms with Gasteiger partial charge in [0.2, 0.25) is 0 Å². The van der Waals surface area contributed by atoms with Crippen LogP contribution >= 0.6 is 0 Å². The van der Waals surface area contributed by atoms with Crippen molar-refractivity contribution in [3.63, 3.8) is 0 Å². The fourth-order valence-electron chi connectivity index (χ4n) is 2.68. The molecule has 3 aromatic rings. The highest BCUT2D eigenvalue weighted by molar-refractivity contribution is 5.90. The molecule has 0 saturated heterocycles. The number of fused-ring (bicyclic) bond motifs is 1. The van der Waals surface area contributed by atoms with Crippen LogP contribution in [0.1, 0.15) is 18.2 Å². The number of benzene rings is 2. The summed E-state index contributed by atoms with van der Waals surface area (Å²) in [5.74, 6) is 0.197. The number of hydrogen-bond donors (Lipinski definition) is 0. The number of nitrogens with zero attached hydrogens (tertiary/aromatic N) is 1. The van der Waals surface area contributed by atoms with E-state index in [0.717, 1.165) is 27.7 Å². The van der Waals surface area contributed by atoms with E-state index in [2.05, 4.69) is 29.3 Å². The van der Waals surface area contributed by atoms with E-state index >= 15 is 0 Å². The molecule has 0 fully saturated rings. The van der Waals surface area contributed by atoms with Crippen molar-refractivity contribution >= 4 is 22.4 Å². The Balaban J connectivity index is 2.10. The Labute approximate surface area is 129 Å². The zero-order valence-corrected chi connectivity index (χ0v) is 12.7. The first-order valence-electron chi connectivity index (χ1n) is 7.09. The molecule has 0 atom stereocenters. The lowest BCUT2D eigenvalue weighted by molar-refractivity contribution is -0.131. The maximum absolute atomic E-state index is 11.3. The summed E-state index contributed by atoms with van der Waals surface area (Å²) in [6, 6.07) is 17.7. The molecule has 0 radical (unpaired) electrons. The Kier molecular flexibility index (Phi) is 3.55. The molecule has 0 unspecified atom stereocenters. The lowest BCUT2D eigenvalue weighted by atomic mass is 10.0. The lowest BCUT2D eigenvalue weighted by Gasteiger charge is -2.12. The molecule has 0 aliphatic heterocycles. The van der Waals surface area contributed by atoms with Gasteiger partial charge in [0.15, 0.2) is 0 Å². The monoisotopic (exact) mass is 291 g/mol. The molecule has 0 aliphatic carbocycles. The highest BCUT2D eigenvalue weighted by Crippen LogP contribution is 2.32. The van der Waals surface area contributed by atoms with Gasteiger partial charge in [0, 0.05) is 41.7 Å². The van der Waals surface area contributed by atoms with Crippen molar-refractivity contribution in [3.8, 4) is 5.75 Å². The molecule has 0 aliphatic rings. The second kappa shape index (κ2) is 5.53. The predicted octanol–water partition coefficient (Wildman–Crippen LogP) is 4.17. The number of rotatable bonds is 3. The van der Waals surface area contributed by atoms with Crippen LogP contribution in [-0.4, -0.2) is 10.5 Å². The number of aryl methyl sites for hydroxylation is 1. The second-order valence-corrected chi connectivity index (χ2v) is 5.22. The van der Waals surface area contributed by atoms with E-state index in [1.54, 1.807) is 6.07 Å². The van der Waals surface area contributed by atoms with Gasteiger partial charge in [-0.25, -0.2) is 0 Å². The highest BCUT2D eigenvalue weighted by Gasteiger charge is 2.14. The van der Waals surface area contributed by atoms with Gasteiger partial charge in [-0.15, -0.1) is 0 Å². The molecule has 1 heterocycles. The average molecular weight is 291 g/mol. The van der Waals surface area contributed by atoms with E-state index < -0.39 is 0 Å². The minimum Gasteiger partial charge on any atom is -0.426 e. The lowest BCUT2D eigenvalue weighted by Crippen LogP contribution is -2.04. The van der Waals surface area contributed by atoms with Gasteiger partial charge in [0.25, 0.3) is 0 Å². The quantitative estimate of drug-likeness (QED) is 0.536. The molecule has 22 heavy (non-hydrogen) atoms. The van der Waals surface area contributed by atoms with E-state index in [1.165, 1.54) is 6.92 Å². The maximum Gasteiger partial charge on any atom is 0.308 e. The summed E-state index contributed by atoms with van der Waals surface area (Å²) < 4.78 is 7.39. The van der Waals surface area contributed by atoms with Gasteiger partial charge in [-0.05, 0) is 18.2 Å². The number of carbonyl (C=O) groups is 1. The smallest absolute Gasteiger partial charge is 0.308 e. The third-order valence-electron chi connectivity index (χ3n) is 3.73. The van der Waals surface area contributed by atoms with Crippen molar-refractivity contribution in [2.75, 3.05) is 0 Å². The number of esters is 1. The largest absolute Gasteiger partial charge is 0.426 e. The van der Waals surface area contributed by atoms with E-state index in [0.29, 0.717) is 5.75 Å². The molecule has 0 N–H and O–H groups in total. The SMILES string of the molecule is C=C(c1ccccc1OC(C)=O)c1cc2ccccc2n1C. The number of carbonyl (C=O) groups excluding carboxylic acids is 1. The van der Waals surface area contributed by atoms with Crippen LogP contribution in [0.15, 0.2) is 61.2 Å². The fourth-order valence-corrected chi connectivity index (χ4v) is 2.68. The van der Waals surface area contributed by atoms with Crippen molar-refractivity contribution in [1.82, 2.24) is 4.57 Å². The first-order chi connectivity index (χ1) is 10.6. The van der Waals surface area contributed by atoms with Crippen LogP contribution in [0.2, 0.25) is 0 Å². The van der Waals surface area contributed by atoms with Gasteiger partial charge in [-0.2, -0.15) is 0 Å². The predicted molar refractivity (Wildman–Crippen MR) is 88.8 cm³/mol. The van der Waals surface area contributed by atoms with Gasteiger partial charge in [0.05, 0.1) is 0 Å². The molecule has 3 nitrogen and oxygen atoms in total. The molecule has 3 rings (SSSR count). The number of aromatic nitrogens is 1. The van der Waals surface area contributed by atoms with Crippen molar-refractivity contribution in [3.05, 3.63) is 72.4 Å². The standard InChI is InChI=1S/C19H17NO2/c1-13(16-9-5-7-11-19(16)22-14(2)21)18-12-15-8-4-6-10-17(15)20(18)3/h4-12H,1H2,2-3H3. The van der Waals surface area contributed by atoms with Crippen molar-refractivity contribution in [2.24, 2.45) is 7.05 Å². The molecule has 0 bridgehead atoms. The van der Waals surface area contributed by atoms with Gasteiger partial charge in [-0.1, -0.05) is 43.0 Å². The summed E-state index contributed by atoms with van der Waals surface area (Å²) in [4.78, 5) is 11.3. The van der Waals surface area contributed by atoms with Crippen molar-refractivity contribution in [1.29, 1.82) is 0 Å². The van der Waals surface area contributed by atoms with E-state index in [-0.39, 0.29) is 5.97 Å². The van der Waals surface area contributed by atoms with Crippen molar-refractivity contribution in [2.45, 2.75) is 6.92 Å². The van der Waals surface area contributed by atoms with Gasteiger partial charge >= 0.3 is 5.97 Å². The van der Waals surface area contributed by atoms with E-state index in [1.807, 2.05) is 37.4 Å². The normalized spacial score (nSPS) is 10.6. The summed E-state index contributed by atoms with van der Waals surface area (Å²) >= 11 is 0. The summed E-state index contributed by atoms with van der Waals surface area (Å²) in [6.45, 7) is 5.61. The highest BCUT2D eigenvalue weighted by atomic mass is 16.5. The minimum absolute atomic E-state index is 0.336. The van der Waals surface area contributed by atoms with Gasteiger partial charge in [-0.3, -0.25) is 4.79 Å². The zero-order chi connectivity index (χ0) is 15.7. The van der Waals surface area contributed by atoms with E-state index in [9.17, 15) is 4.79 Å². The third kappa shape index (κ3) is 2.42. The number of para-hydroxylation sites is 2. The van der Waals surface area contributed by atoms with E-state index in [4.69, 9.17) is 4.74 Å². The molecule has 0 saturated carbocycles. The van der Waals surface area contributed by atoms with Crippen LogP contribution in [0, 0.1) is 0 Å². The topological polar surface area (TPSA) is 31.2 Å². The molecule has 0 amide bonds. The third-order valence-corrected chi connectivity index (χ3v) is 3.73. The molecule has 110 valence electrons. The molecular formula is C19H17NO2. The summed E-state index contributed by atoms with van der Waals surface area (Å²) in [6.07, 6.45) is 0. The summed E-state index contributed by atoms with van der Waals surface area (Å²) in [5.41, 5.74) is 3.79. The molecule has 3 heteroatoms. The fraction of sp³-hybridized carbons (Fsp3) is 0.105. The molecular weight excluding hydrogens is 274 g/mol. The molecule has 2 aromatic carbocycles. The van der Waals surface area contributed by atoms with Crippen LogP contribution in [0.4, 0.5) is 0 Å². The van der Waals surface area contributed by atoms with Crippen LogP contribution < -0.4 is 4.74 Å². The van der Waals surface area contributed by atoms with Crippen molar-refractivity contribution < 1.29 is 9.53 Å². The Bertz CT molecular complexity index is 874. The van der Waals surface area contributed by atoms with Crippen LogP contribution in [0.5, 0.6) is 5.75 Å². The summed E-state index contributed by atoms with van der Waals surface area (Å²) in [7, 11) is 2.01. The minimum atomic E-state index is -0.336. The average Bonchev–Trinajstić information content (AvgIpc) is 2.84. The Morgan fingerprint density at radius 3 is 2.50 bits per heavy atom. The van der Waals surface area contributed by atoms with Crippen LogP contribution in [-0.2, 0) is 11.8 Å². The zero-order valence-electron chi connectivity index (χ0n) is 12.7. The maximum atomic E-state index is 11.3. The van der Waals surface area contributed by atoms with Gasteiger partial charge in [0.1, 0.15) is 5.75 Å². The van der Waals surface area contributed by atoms with Crippen LogP contribution in [0.25, 0.3) is 16.5 Å². The van der Waals surface area contributed by atoms with Crippen LogP contribution in [0.3, 0.4) is 0 Å². The first-order valence-corrected chi connectivity index (χ1v) is 7.09. The van der Waals surface area contributed by atoms with Gasteiger partial charge < -0.3 is 9.30 Å². The molecule has 0 spiro atoms. The number of ether oxygens (including phenoxy) is 1. The molecule has 1 aromatic heterocycles. The summed E-state index contributed by atoms with van der Waals surface area (Å²) in [5, 5.41) is 1.16. The second-order valence-electron chi connectivity index (χ2n) is 5.22. The first kappa shape index (κ1) is 14.1. The Morgan fingerprint density at radius 1 is 1.09 bits per heavy atom. The number of hydrogen-bond acceptors (Lipinski definition) is 2. The Morgan fingerprint density at radius 2 is 1.77 bits per heavy atom.